The van der Waals surface area contributed by atoms with Crippen molar-refractivity contribution in [3.05, 3.63) is 59.1 Å². The summed E-state index contributed by atoms with van der Waals surface area (Å²) in [6.07, 6.45) is 2.35. The highest BCUT2D eigenvalue weighted by atomic mass is 35.5. The van der Waals surface area contributed by atoms with Gasteiger partial charge in [0.2, 0.25) is 0 Å². The minimum atomic E-state index is -0.495. The van der Waals surface area contributed by atoms with E-state index in [4.69, 9.17) is 16.3 Å². The quantitative estimate of drug-likeness (QED) is 0.644. The van der Waals surface area contributed by atoms with Crippen LogP contribution < -0.4 is 14.5 Å². The number of anilines is 2. The lowest BCUT2D eigenvalue weighted by Gasteiger charge is -2.32. The van der Waals surface area contributed by atoms with Crippen LogP contribution in [0.1, 0.15) is 32.3 Å². The minimum absolute atomic E-state index is 0.0572. The first-order chi connectivity index (χ1) is 14.5. The average Bonchev–Trinajstić information content (AvgIpc) is 2.98. The summed E-state index contributed by atoms with van der Waals surface area (Å²) >= 11 is 6.30. The highest BCUT2D eigenvalue weighted by molar-refractivity contribution is 6.60. The number of ether oxygens (including phenoxy) is 1. The van der Waals surface area contributed by atoms with Crippen molar-refractivity contribution in [1.29, 1.82) is 0 Å². The Morgan fingerprint density at radius 2 is 1.53 bits per heavy atom. The standard InChI is InChI=1S/C24H25ClN2O3/c1-3-30-20-10-4-17(5-11-20)21-22(25)24(29)27(23(21)28)19-8-6-18(7-9-19)26-14-12-16(2)13-15-26/h4-11,16H,3,12-15H2,1-2H3. The Hall–Kier alpha value is -2.79. The zero-order valence-electron chi connectivity index (χ0n) is 17.2. The van der Waals surface area contributed by atoms with Gasteiger partial charge in [0.05, 0.1) is 17.9 Å². The Morgan fingerprint density at radius 1 is 0.933 bits per heavy atom. The normalized spacial score (nSPS) is 17.8. The van der Waals surface area contributed by atoms with E-state index in [9.17, 15) is 9.59 Å². The minimum Gasteiger partial charge on any atom is -0.494 e. The maximum Gasteiger partial charge on any atom is 0.277 e. The molecule has 1 saturated heterocycles. The predicted molar refractivity (Wildman–Crippen MR) is 120 cm³/mol. The van der Waals surface area contributed by atoms with Crippen molar-refractivity contribution in [3.8, 4) is 5.75 Å². The van der Waals surface area contributed by atoms with Crippen LogP contribution in [0.15, 0.2) is 53.6 Å². The summed E-state index contributed by atoms with van der Waals surface area (Å²) in [6, 6.07) is 14.6. The number of hydrogen-bond acceptors (Lipinski definition) is 4. The maximum atomic E-state index is 13.1. The van der Waals surface area contributed by atoms with E-state index in [2.05, 4.69) is 11.8 Å². The first-order valence-electron chi connectivity index (χ1n) is 10.4. The van der Waals surface area contributed by atoms with Gasteiger partial charge in [0.25, 0.3) is 11.8 Å². The fourth-order valence-corrected chi connectivity index (χ4v) is 4.23. The molecule has 2 aromatic rings. The molecular weight excluding hydrogens is 400 g/mol. The van der Waals surface area contributed by atoms with Gasteiger partial charge in [-0.3, -0.25) is 9.59 Å². The van der Waals surface area contributed by atoms with Crippen molar-refractivity contribution in [2.24, 2.45) is 5.92 Å². The van der Waals surface area contributed by atoms with Crippen molar-refractivity contribution < 1.29 is 14.3 Å². The molecule has 0 bridgehead atoms. The first-order valence-corrected chi connectivity index (χ1v) is 10.7. The highest BCUT2D eigenvalue weighted by Crippen LogP contribution is 2.36. The summed E-state index contributed by atoms with van der Waals surface area (Å²) in [7, 11) is 0. The number of carbonyl (C=O) groups is 2. The molecule has 0 aromatic heterocycles. The molecule has 2 aliphatic rings. The van der Waals surface area contributed by atoms with Gasteiger partial charge in [0.15, 0.2) is 0 Å². The molecule has 0 N–H and O–H groups in total. The van der Waals surface area contributed by atoms with E-state index in [1.165, 1.54) is 12.8 Å². The fraction of sp³-hybridized carbons (Fsp3) is 0.333. The molecule has 156 valence electrons. The maximum absolute atomic E-state index is 13.1. The van der Waals surface area contributed by atoms with Gasteiger partial charge in [0.1, 0.15) is 10.8 Å². The van der Waals surface area contributed by atoms with E-state index in [0.29, 0.717) is 23.6 Å². The van der Waals surface area contributed by atoms with Crippen molar-refractivity contribution in [3.63, 3.8) is 0 Å². The second-order valence-electron chi connectivity index (χ2n) is 7.78. The number of nitrogens with zero attached hydrogens (tertiary/aromatic N) is 2. The summed E-state index contributed by atoms with van der Waals surface area (Å²) in [5, 5.41) is -0.0572. The molecule has 0 spiro atoms. The van der Waals surface area contributed by atoms with Gasteiger partial charge in [-0.25, -0.2) is 4.90 Å². The van der Waals surface area contributed by atoms with Gasteiger partial charge in [-0.1, -0.05) is 30.7 Å². The van der Waals surface area contributed by atoms with Crippen LogP contribution in [-0.2, 0) is 9.59 Å². The van der Waals surface area contributed by atoms with Crippen molar-refractivity contribution in [2.45, 2.75) is 26.7 Å². The molecule has 0 radical (unpaired) electrons. The molecule has 0 unspecified atom stereocenters. The van der Waals surface area contributed by atoms with Crippen LogP contribution in [0.3, 0.4) is 0 Å². The van der Waals surface area contributed by atoms with Crippen LogP contribution in [0.5, 0.6) is 5.75 Å². The summed E-state index contributed by atoms with van der Waals surface area (Å²) in [5.74, 6) is 0.558. The molecule has 5 nitrogen and oxygen atoms in total. The van der Waals surface area contributed by atoms with Crippen LogP contribution in [0.25, 0.3) is 5.57 Å². The zero-order chi connectivity index (χ0) is 21.3. The SMILES string of the molecule is CCOc1ccc(C2=C(Cl)C(=O)N(c3ccc(N4CCC(C)CC4)cc3)C2=O)cc1. The van der Waals surface area contributed by atoms with Gasteiger partial charge in [-0.2, -0.15) is 0 Å². The van der Waals surface area contributed by atoms with Crippen molar-refractivity contribution in [2.75, 3.05) is 29.5 Å². The Labute approximate surface area is 181 Å². The van der Waals surface area contributed by atoms with E-state index in [-0.39, 0.29) is 10.6 Å². The lowest BCUT2D eigenvalue weighted by molar-refractivity contribution is -0.119. The zero-order valence-corrected chi connectivity index (χ0v) is 18.0. The molecule has 0 atom stereocenters. The summed E-state index contributed by atoms with van der Waals surface area (Å²) in [4.78, 5) is 29.3. The Balaban J connectivity index is 1.54. The van der Waals surface area contributed by atoms with Crippen LogP contribution in [0.4, 0.5) is 11.4 Å². The largest absolute Gasteiger partial charge is 0.494 e. The molecule has 2 aliphatic heterocycles. The van der Waals surface area contributed by atoms with E-state index >= 15 is 0 Å². The van der Waals surface area contributed by atoms with Crippen molar-refractivity contribution >= 4 is 40.4 Å². The molecule has 4 rings (SSSR count). The first kappa shape index (κ1) is 20.5. The second-order valence-corrected chi connectivity index (χ2v) is 8.16. The third-order valence-electron chi connectivity index (χ3n) is 5.74. The number of imide groups is 1. The molecule has 0 aliphatic carbocycles. The van der Waals surface area contributed by atoms with Gasteiger partial charge >= 0.3 is 0 Å². The summed E-state index contributed by atoms with van der Waals surface area (Å²) in [6.45, 7) is 6.79. The molecular formula is C24H25ClN2O3. The smallest absolute Gasteiger partial charge is 0.277 e. The topological polar surface area (TPSA) is 49.9 Å². The summed E-state index contributed by atoms with van der Waals surface area (Å²) in [5.41, 5.74) is 2.45. The van der Waals surface area contributed by atoms with Crippen LogP contribution in [-0.4, -0.2) is 31.5 Å². The fourth-order valence-electron chi connectivity index (χ4n) is 3.95. The average molecular weight is 425 g/mol. The number of rotatable bonds is 5. The van der Waals surface area contributed by atoms with E-state index < -0.39 is 11.8 Å². The van der Waals surface area contributed by atoms with Gasteiger partial charge < -0.3 is 9.64 Å². The number of carbonyl (C=O) groups excluding carboxylic acids is 2. The Morgan fingerprint density at radius 3 is 2.13 bits per heavy atom. The van der Waals surface area contributed by atoms with Crippen LogP contribution in [0, 0.1) is 5.92 Å². The van der Waals surface area contributed by atoms with Gasteiger partial charge in [-0.05, 0) is 67.6 Å². The Kier molecular flexibility index (Phi) is 5.82. The number of benzene rings is 2. The highest BCUT2D eigenvalue weighted by Gasteiger charge is 2.39. The molecule has 2 heterocycles. The van der Waals surface area contributed by atoms with E-state index in [1.54, 1.807) is 24.3 Å². The van der Waals surface area contributed by atoms with Gasteiger partial charge in [0, 0.05) is 18.8 Å². The summed E-state index contributed by atoms with van der Waals surface area (Å²) < 4.78 is 5.44. The molecule has 2 amide bonds. The van der Waals surface area contributed by atoms with Crippen LogP contribution in [0.2, 0.25) is 0 Å². The molecule has 30 heavy (non-hydrogen) atoms. The van der Waals surface area contributed by atoms with Crippen molar-refractivity contribution in [1.82, 2.24) is 0 Å². The number of amides is 2. The lowest BCUT2D eigenvalue weighted by Crippen LogP contribution is -2.33. The van der Waals surface area contributed by atoms with E-state index in [0.717, 1.165) is 29.6 Å². The lowest BCUT2D eigenvalue weighted by atomic mass is 9.99. The molecule has 6 heteroatoms. The molecule has 0 saturated carbocycles. The van der Waals surface area contributed by atoms with Gasteiger partial charge in [-0.15, -0.1) is 0 Å². The third-order valence-corrected chi connectivity index (χ3v) is 6.09. The third kappa shape index (κ3) is 3.82. The molecule has 2 aromatic carbocycles. The number of halogens is 1. The number of hydrogen-bond donors (Lipinski definition) is 0. The molecule has 1 fully saturated rings. The van der Waals surface area contributed by atoms with E-state index in [1.807, 2.05) is 31.2 Å². The predicted octanol–water partition coefficient (Wildman–Crippen LogP) is 4.84. The number of piperidine rings is 1. The monoisotopic (exact) mass is 424 g/mol. The Bertz CT molecular complexity index is 975. The van der Waals surface area contributed by atoms with Crippen LogP contribution >= 0.6 is 11.6 Å². The second kappa shape index (κ2) is 8.52.